The van der Waals surface area contributed by atoms with Gasteiger partial charge in [0.25, 0.3) is 0 Å². The Morgan fingerprint density at radius 2 is 1.74 bits per heavy atom. The number of aromatic nitrogens is 2. The summed E-state index contributed by atoms with van der Waals surface area (Å²) in [6.45, 7) is 7.24. The highest BCUT2D eigenvalue weighted by Crippen LogP contribution is 2.35. The average molecular weight is 486 g/mol. The molecule has 0 bridgehead atoms. The van der Waals surface area contributed by atoms with Gasteiger partial charge in [-0.15, -0.1) is 11.3 Å². The van der Waals surface area contributed by atoms with Crippen molar-refractivity contribution in [2.75, 3.05) is 39.3 Å². The summed E-state index contributed by atoms with van der Waals surface area (Å²) in [5.41, 5.74) is 2.57. The molecule has 2 aromatic heterocycles. The Balaban J connectivity index is 1.21. The highest BCUT2D eigenvalue weighted by Gasteiger charge is 2.30. The van der Waals surface area contributed by atoms with Crippen LogP contribution in [0.1, 0.15) is 11.1 Å². The van der Waals surface area contributed by atoms with E-state index in [0.29, 0.717) is 16.9 Å². The van der Waals surface area contributed by atoms with Gasteiger partial charge >= 0.3 is 6.18 Å². The summed E-state index contributed by atoms with van der Waals surface area (Å²) in [6.07, 6.45) is -4.37. The van der Waals surface area contributed by atoms with Crippen LogP contribution in [0.2, 0.25) is 0 Å². The second-order valence-corrected chi connectivity index (χ2v) is 9.53. The van der Waals surface area contributed by atoms with Gasteiger partial charge < -0.3 is 15.6 Å². The Kier molecular flexibility index (Phi) is 6.69. The predicted octanol–water partition coefficient (Wildman–Crippen LogP) is 4.97. The molecule has 3 N–H and O–H groups in total. The van der Waals surface area contributed by atoms with E-state index < -0.39 is 11.7 Å². The van der Waals surface area contributed by atoms with Crippen LogP contribution in [0, 0.1) is 0 Å². The van der Waals surface area contributed by atoms with Crippen LogP contribution in [-0.4, -0.2) is 54.1 Å². The fourth-order valence-corrected chi connectivity index (χ4v) is 5.07. The highest BCUT2D eigenvalue weighted by atomic mass is 32.1. The van der Waals surface area contributed by atoms with Crippen LogP contribution in [0.5, 0.6) is 0 Å². The molecule has 1 aliphatic heterocycles. The van der Waals surface area contributed by atoms with E-state index in [1.807, 2.05) is 12.1 Å². The molecule has 4 aromatic rings. The van der Waals surface area contributed by atoms with Crippen molar-refractivity contribution in [1.29, 1.82) is 0 Å². The lowest BCUT2D eigenvalue weighted by Crippen LogP contribution is -2.45. The van der Waals surface area contributed by atoms with E-state index in [4.69, 9.17) is 0 Å². The fraction of sp³-hybridized carbons (Fsp3) is 0.320. The summed E-state index contributed by atoms with van der Waals surface area (Å²) >= 11 is 1.56. The quantitative estimate of drug-likeness (QED) is 0.324. The smallest absolute Gasteiger partial charge is 0.337 e. The van der Waals surface area contributed by atoms with E-state index in [-0.39, 0.29) is 0 Å². The summed E-state index contributed by atoms with van der Waals surface area (Å²) in [5, 5.41) is 6.89. The lowest BCUT2D eigenvalue weighted by atomic mass is 10.1. The topological polar surface area (TPSA) is 56.0 Å². The predicted molar refractivity (Wildman–Crippen MR) is 131 cm³/mol. The first-order valence-corrected chi connectivity index (χ1v) is 12.2. The summed E-state index contributed by atoms with van der Waals surface area (Å²) in [7, 11) is 0. The minimum atomic E-state index is -4.37. The Morgan fingerprint density at radius 3 is 2.50 bits per heavy atom. The van der Waals surface area contributed by atoms with E-state index in [0.717, 1.165) is 73.3 Å². The number of nitrogens with one attached hydrogen (secondary N) is 3. The minimum absolute atomic E-state index is 0.383. The maximum atomic E-state index is 13.0. The van der Waals surface area contributed by atoms with Crippen molar-refractivity contribution in [1.82, 2.24) is 25.5 Å². The van der Waals surface area contributed by atoms with Crippen molar-refractivity contribution in [3.05, 3.63) is 65.7 Å². The van der Waals surface area contributed by atoms with Crippen molar-refractivity contribution >= 4 is 22.4 Å². The lowest BCUT2D eigenvalue weighted by Gasteiger charge is -2.27. The molecule has 1 aliphatic rings. The molecule has 0 amide bonds. The van der Waals surface area contributed by atoms with Gasteiger partial charge in [0.1, 0.15) is 5.82 Å². The van der Waals surface area contributed by atoms with E-state index in [1.54, 1.807) is 11.3 Å². The largest absolute Gasteiger partial charge is 0.416 e. The Morgan fingerprint density at radius 1 is 0.971 bits per heavy atom. The molecule has 0 saturated carbocycles. The molecule has 0 unspecified atom stereocenters. The molecule has 9 heteroatoms. The highest BCUT2D eigenvalue weighted by molar-refractivity contribution is 7.18. The zero-order valence-electron chi connectivity index (χ0n) is 18.6. The Bertz CT molecular complexity index is 1240. The first-order valence-electron chi connectivity index (χ1n) is 11.4. The van der Waals surface area contributed by atoms with Crippen LogP contribution in [0.25, 0.3) is 32.2 Å². The molecule has 3 heterocycles. The number of halogens is 3. The Labute approximate surface area is 200 Å². The van der Waals surface area contributed by atoms with Crippen LogP contribution in [0.4, 0.5) is 13.2 Å². The first-order chi connectivity index (χ1) is 16.5. The number of piperazine rings is 1. The van der Waals surface area contributed by atoms with Crippen molar-refractivity contribution < 1.29 is 13.2 Å². The molecule has 0 atom stereocenters. The van der Waals surface area contributed by atoms with E-state index in [1.165, 1.54) is 11.6 Å². The molecule has 5 nitrogen and oxygen atoms in total. The standard InChI is InChI=1S/C25H26F3N5S/c26-25(27,28)19-5-6-20-21(15-19)32-24(31-20)23-8-7-22(34-23)18-3-1-17(2-4-18)16-30-11-14-33-12-9-29-10-13-33/h1-8,15,29-30H,9-14,16H2,(H,31,32). The van der Waals surface area contributed by atoms with Gasteiger partial charge in [-0.05, 0) is 41.5 Å². The molecule has 1 fully saturated rings. The van der Waals surface area contributed by atoms with Gasteiger partial charge in [0.15, 0.2) is 0 Å². The lowest BCUT2D eigenvalue weighted by molar-refractivity contribution is -0.137. The fourth-order valence-electron chi connectivity index (χ4n) is 4.11. The van der Waals surface area contributed by atoms with Crippen LogP contribution < -0.4 is 10.6 Å². The van der Waals surface area contributed by atoms with E-state index >= 15 is 0 Å². The number of benzene rings is 2. The van der Waals surface area contributed by atoms with Gasteiger partial charge in [-0.1, -0.05) is 24.3 Å². The number of H-pyrrole nitrogens is 1. The Hall–Kier alpha value is -2.72. The van der Waals surface area contributed by atoms with Gasteiger partial charge in [0, 0.05) is 50.7 Å². The van der Waals surface area contributed by atoms with E-state index in [2.05, 4.69) is 49.8 Å². The molecule has 0 spiro atoms. The number of thiophene rings is 1. The number of imidazole rings is 1. The number of aromatic amines is 1. The van der Waals surface area contributed by atoms with Crippen molar-refractivity contribution in [3.63, 3.8) is 0 Å². The van der Waals surface area contributed by atoms with Crippen molar-refractivity contribution in [2.24, 2.45) is 0 Å². The van der Waals surface area contributed by atoms with E-state index in [9.17, 15) is 13.2 Å². The van der Waals surface area contributed by atoms with Gasteiger partial charge in [-0.3, -0.25) is 4.90 Å². The maximum Gasteiger partial charge on any atom is 0.416 e. The van der Waals surface area contributed by atoms with Gasteiger partial charge in [-0.2, -0.15) is 13.2 Å². The molecule has 1 saturated heterocycles. The SMILES string of the molecule is FC(F)(F)c1ccc2nc(-c3ccc(-c4ccc(CNCCN5CCNCC5)cc4)s3)[nH]c2c1. The number of hydrogen-bond acceptors (Lipinski definition) is 5. The van der Waals surface area contributed by atoms with Crippen LogP contribution >= 0.6 is 11.3 Å². The number of rotatable bonds is 7. The maximum absolute atomic E-state index is 13.0. The summed E-state index contributed by atoms with van der Waals surface area (Å²) < 4.78 is 39.0. The summed E-state index contributed by atoms with van der Waals surface area (Å²) in [6, 6.07) is 16.0. The number of alkyl halides is 3. The molecule has 178 valence electrons. The molecule has 0 radical (unpaired) electrons. The number of fused-ring (bicyclic) bond motifs is 1. The first kappa shape index (κ1) is 23.0. The average Bonchev–Trinajstić information content (AvgIpc) is 3.49. The van der Waals surface area contributed by atoms with Crippen LogP contribution in [0.3, 0.4) is 0 Å². The second-order valence-electron chi connectivity index (χ2n) is 8.44. The van der Waals surface area contributed by atoms with Gasteiger partial charge in [0.2, 0.25) is 0 Å². The van der Waals surface area contributed by atoms with Gasteiger partial charge in [-0.25, -0.2) is 4.98 Å². The molecule has 5 rings (SSSR count). The third-order valence-corrected chi connectivity index (χ3v) is 7.17. The second kappa shape index (κ2) is 9.87. The molecular weight excluding hydrogens is 459 g/mol. The van der Waals surface area contributed by atoms with Crippen molar-refractivity contribution in [2.45, 2.75) is 12.7 Å². The summed E-state index contributed by atoms with van der Waals surface area (Å²) in [4.78, 5) is 12.0. The zero-order valence-corrected chi connectivity index (χ0v) is 19.4. The number of nitrogens with zero attached hydrogens (tertiary/aromatic N) is 2. The molecule has 2 aromatic carbocycles. The molecule has 0 aliphatic carbocycles. The normalized spacial score (nSPS) is 15.3. The molecule has 34 heavy (non-hydrogen) atoms. The zero-order chi connectivity index (χ0) is 23.5. The molecular formula is C25H26F3N5S. The van der Waals surface area contributed by atoms with Crippen LogP contribution in [0.15, 0.2) is 54.6 Å². The minimum Gasteiger partial charge on any atom is -0.337 e. The van der Waals surface area contributed by atoms with Crippen molar-refractivity contribution in [3.8, 4) is 21.1 Å². The number of hydrogen-bond donors (Lipinski definition) is 3. The third-order valence-electron chi connectivity index (χ3n) is 6.03. The van der Waals surface area contributed by atoms with Crippen LogP contribution in [-0.2, 0) is 12.7 Å². The van der Waals surface area contributed by atoms with Gasteiger partial charge in [0.05, 0.1) is 21.5 Å². The third kappa shape index (κ3) is 5.33. The monoisotopic (exact) mass is 485 g/mol. The summed E-state index contributed by atoms with van der Waals surface area (Å²) in [5.74, 6) is 0.580.